The molecule has 1 aliphatic rings. The number of carboxylic acid groups (broad SMARTS) is 1. The molecule has 2 aromatic rings. The number of methoxy groups -OCH3 is 1. The Kier molecular flexibility index (Phi) is 8.75. The molecule has 0 fully saturated rings. The molecule has 0 amide bonds. The van der Waals surface area contributed by atoms with Crippen molar-refractivity contribution in [1.82, 2.24) is 4.90 Å². The molecule has 9 heteroatoms. The quantitative estimate of drug-likeness (QED) is 0.222. The van der Waals surface area contributed by atoms with Crippen molar-refractivity contribution in [2.24, 2.45) is 0 Å². The zero-order valence-electron chi connectivity index (χ0n) is 20.3. The number of nitrogens with zero attached hydrogens (tertiary/aromatic N) is 2. The minimum Gasteiger partial charge on any atom is -0.478 e. The number of benzene rings is 2. The van der Waals surface area contributed by atoms with Crippen LogP contribution in [0.25, 0.3) is 6.08 Å². The molecule has 3 rings (SSSR count). The third-order valence-electron chi connectivity index (χ3n) is 5.95. The molecule has 188 valence electrons. The number of ether oxygens (including phenoxy) is 2. The van der Waals surface area contributed by atoms with Crippen molar-refractivity contribution >= 4 is 23.7 Å². The molecule has 9 nitrogen and oxygen atoms in total. The molecule has 2 aromatic carbocycles. The summed E-state index contributed by atoms with van der Waals surface area (Å²) in [5.74, 6) is -2.98. The first kappa shape index (κ1) is 26.4. The molecule has 1 N–H and O–H groups in total. The Bertz CT molecular complexity index is 1230. The smallest absolute Gasteiger partial charge is 0.336 e. The van der Waals surface area contributed by atoms with Gasteiger partial charge in [0.05, 0.1) is 28.6 Å². The summed E-state index contributed by atoms with van der Waals surface area (Å²) in [4.78, 5) is 38.4. The Labute approximate surface area is 209 Å². The van der Waals surface area contributed by atoms with Crippen molar-refractivity contribution in [3.8, 4) is 0 Å². The van der Waals surface area contributed by atoms with E-state index in [1.807, 2.05) is 42.5 Å². The largest absolute Gasteiger partial charge is 0.478 e. The van der Waals surface area contributed by atoms with Gasteiger partial charge in [0, 0.05) is 37.2 Å². The summed E-state index contributed by atoms with van der Waals surface area (Å²) >= 11 is 0. The highest BCUT2D eigenvalue weighted by Gasteiger charge is 2.40. The van der Waals surface area contributed by atoms with Crippen molar-refractivity contribution in [2.45, 2.75) is 19.8 Å². The number of carbonyl (C=O) groups is 2. The van der Waals surface area contributed by atoms with Gasteiger partial charge in [-0.25, -0.2) is 9.59 Å². The Morgan fingerprint density at radius 1 is 1.06 bits per heavy atom. The van der Waals surface area contributed by atoms with Gasteiger partial charge < -0.3 is 19.5 Å². The second kappa shape index (κ2) is 11.9. The Morgan fingerprint density at radius 3 is 2.39 bits per heavy atom. The maximum Gasteiger partial charge on any atom is 0.336 e. The highest BCUT2D eigenvalue weighted by atomic mass is 16.6. The van der Waals surface area contributed by atoms with E-state index in [-0.39, 0.29) is 30.0 Å². The average molecular weight is 493 g/mol. The highest BCUT2D eigenvalue weighted by Crippen LogP contribution is 2.43. The lowest BCUT2D eigenvalue weighted by Gasteiger charge is -2.37. The molecule has 0 saturated heterocycles. The van der Waals surface area contributed by atoms with Crippen LogP contribution < -0.4 is 0 Å². The SMILES string of the molecule is COCCOC(=O)C1=C(C)N(CC=Cc2ccccc2)C(C)=C(C(=O)O)C1c1cccc([N+](=O)[O-])c1. The fourth-order valence-electron chi connectivity index (χ4n) is 4.23. The number of esters is 1. The minimum absolute atomic E-state index is 0.0210. The summed E-state index contributed by atoms with van der Waals surface area (Å²) in [5.41, 5.74) is 2.10. The predicted molar refractivity (Wildman–Crippen MR) is 134 cm³/mol. The molecule has 36 heavy (non-hydrogen) atoms. The van der Waals surface area contributed by atoms with Crippen molar-refractivity contribution in [3.63, 3.8) is 0 Å². The number of carbonyl (C=O) groups excluding carboxylic acids is 1. The number of non-ortho nitro benzene ring substituents is 1. The van der Waals surface area contributed by atoms with E-state index >= 15 is 0 Å². The van der Waals surface area contributed by atoms with E-state index in [1.54, 1.807) is 24.8 Å². The van der Waals surface area contributed by atoms with Gasteiger partial charge in [0.2, 0.25) is 0 Å². The summed E-state index contributed by atoms with van der Waals surface area (Å²) in [6.45, 7) is 3.84. The Morgan fingerprint density at radius 2 is 1.75 bits per heavy atom. The predicted octanol–water partition coefficient (Wildman–Crippen LogP) is 4.53. The summed E-state index contributed by atoms with van der Waals surface area (Å²) in [5, 5.41) is 21.6. The average Bonchev–Trinajstić information content (AvgIpc) is 2.86. The maximum atomic E-state index is 13.3. The number of aliphatic carboxylic acids is 1. The number of allylic oxidation sites excluding steroid dienone is 2. The first-order valence-corrected chi connectivity index (χ1v) is 11.3. The van der Waals surface area contributed by atoms with Crippen LogP contribution in [0.4, 0.5) is 5.69 Å². The zero-order valence-corrected chi connectivity index (χ0v) is 20.3. The van der Waals surface area contributed by atoms with E-state index in [1.165, 1.54) is 25.3 Å². The van der Waals surface area contributed by atoms with Gasteiger partial charge in [0.15, 0.2) is 0 Å². The van der Waals surface area contributed by atoms with E-state index in [0.717, 1.165) is 5.56 Å². The first-order valence-electron chi connectivity index (χ1n) is 11.3. The molecule has 0 radical (unpaired) electrons. The van der Waals surface area contributed by atoms with Crippen LogP contribution in [0.2, 0.25) is 0 Å². The van der Waals surface area contributed by atoms with Crippen LogP contribution in [0, 0.1) is 10.1 Å². The van der Waals surface area contributed by atoms with Gasteiger partial charge in [-0.2, -0.15) is 0 Å². The summed E-state index contributed by atoms with van der Waals surface area (Å²) in [6.07, 6.45) is 3.79. The molecule has 0 aromatic heterocycles. The van der Waals surface area contributed by atoms with Gasteiger partial charge in [-0.1, -0.05) is 54.6 Å². The van der Waals surface area contributed by atoms with E-state index in [0.29, 0.717) is 23.5 Å². The summed E-state index contributed by atoms with van der Waals surface area (Å²) in [7, 11) is 1.47. The highest BCUT2D eigenvalue weighted by molar-refractivity contribution is 5.99. The van der Waals surface area contributed by atoms with Crippen molar-refractivity contribution in [2.75, 3.05) is 26.9 Å². The Balaban J connectivity index is 2.12. The number of hydrogen-bond donors (Lipinski definition) is 1. The topological polar surface area (TPSA) is 119 Å². The third kappa shape index (κ3) is 5.87. The van der Waals surface area contributed by atoms with Crippen LogP contribution in [0.15, 0.2) is 83.2 Å². The molecular formula is C27H28N2O7. The zero-order chi connectivity index (χ0) is 26.2. The molecule has 0 spiro atoms. The number of nitro benzene ring substituents is 1. The molecule has 1 unspecified atom stereocenters. The lowest BCUT2D eigenvalue weighted by atomic mass is 9.79. The van der Waals surface area contributed by atoms with Gasteiger partial charge in [0.25, 0.3) is 5.69 Å². The lowest BCUT2D eigenvalue weighted by molar-refractivity contribution is -0.384. The normalized spacial score (nSPS) is 16.0. The van der Waals surface area contributed by atoms with E-state index in [9.17, 15) is 24.8 Å². The lowest BCUT2D eigenvalue weighted by Crippen LogP contribution is -2.35. The fourth-order valence-corrected chi connectivity index (χ4v) is 4.23. The fraction of sp³-hybridized carbons (Fsp3) is 0.259. The van der Waals surface area contributed by atoms with Gasteiger partial charge in [-0.3, -0.25) is 10.1 Å². The Hall–Kier alpha value is -4.24. The standard InChI is InChI=1S/C27H28N2O7/c1-18-23(26(30)31)25(21-12-7-13-22(17-21)29(33)34)24(27(32)36-16-15-35-3)19(2)28(18)14-8-11-20-9-5-4-6-10-20/h4-13,17,25H,14-16H2,1-3H3,(H,30,31). The van der Waals surface area contributed by atoms with Gasteiger partial charge >= 0.3 is 11.9 Å². The summed E-state index contributed by atoms with van der Waals surface area (Å²) < 4.78 is 10.4. The molecular weight excluding hydrogens is 464 g/mol. The minimum atomic E-state index is -1.23. The number of carboxylic acids is 1. The molecule has 1 atom stereocenters. The second-order valence-corrected chi connectivity index (χ2v) is 8.14. The number of hydrogen-bond acceptors (Lipinski definition) is 7. The van der Waals surface area contributed by atoms with Crippen LogP contribution >= 0.6 is 0 Å². The van der Waals surface area contributed by atoms with Crippen molar-refractivity contribution in [1.29, 1.82) is 0 Å². The van der Waals surface area contributed by atoms with Crippen LogP contribution in [-0.4, -0.2) is 53.7 Å². The molecule has 0 aliphatic carbocycles. The van der Waals surface area contributed by atoms with Crippen molar-refractivity contribution < 1.29 is 29.1 Å². The van der Waals surface area contributed by atoms with Gasteiger partial charge in [-0.05, 0) is 25.0 Å². The maximum absolute atomic E-state index is 13.3. The third-order valence-corrected chi connectivity index (χ3v) is 5.95. The van der Waals surface area contributed by atoms with Crippen molar-refractivity contribution in [3.05, 3.63) is 104 Å². The van der Waals surface area contributed by atoms with Gasteiger partial charge in [0.1, 0.15) is 6.61 Å². The van der Waals surface area contributed by atoms with Crippen LogP contribution in [0.3, 0.4) is 0 Å². The second-order valence-electron chi connectivity index (χ2n) is 8.14. The molecule has 0 bridgehead atoms. The van der Waals surface area contributed by atoms with Gasteiger partial charge in [-0.15, -0.1) is 0 Å². The van der Waals surface area contributed by atoms with Crippen LogP contribution in [0.1, 0.15) is 30.9 Å². The van der Waals surface area contributed by atoms with E-state index < -0.39 is 22.8 Å². The van der Waals surface area contributed by atoms with E-state index in [4.69, 9.17) is 9.47 Å². The molecule has 1 heterocycles. The number of rotatable bonds is 10. The van der Waals surface area contributed by atoms with Crippen LogP contribution in [-0.2, 0) is 19.1 Å². The number of nitro groups is 1. The first-order chi connectivity index (χ1) is 17.3. The van der Waals surface area contributed by atoms with E-state index in [2.05, 4.69) is 0 Å². The monoisotopic (exact) mass is 492 g/mol. The molecule has 1 aliphatic heterocycles. The van der Waals surface area contributed by atoms with Crippen LogP contribution in [0.5, 0.6) is 0 Å². The molecule has 0 saturated carbocycles. The summed E-state index contributed by atoms with van der Waals surface area (Å²) in [6, 6.07) is 15.3.